The molecule has 1 aliphatic rings. The second-order valence-corrected chi connectivity index (χ2v) is 5.09. The molecule has 116 valence electrons. The first kappa shape index (κ1) is 16.3. The van der Waals surface area contributed by atoms with Crippen LogP contribution in [0.4, 0.5) is 5.82 Å². The first-order chi connectivity index (χ1) is 10.0. The molecule has 9 nitrogen and oxygen atoms in total. The van der Waals surface area contributed by atoms with Crippen molar-refractivity contribution < 1.29 is 25.3 Å². The Morgan fingerprint density at radius 2 is 2.19 bits per heavy atom. The van der Waals surface area contributed by atoms with Gasteiger partial charge in [-0.25, -0.2) is 4.79 Å². The van der Waals surface area contributed by atoms with E-state index in [1.165, 1.54) is 6.20 Å². The predicted molar refractivity (Wildman–Crippen MR) is 80.0 cm³/mol. The van der Waals surface area contributed by atoms with Gasteiger partial charge in [0.2, 0.25) is 0 Å². The maximum atomic E-state index is 11.9. The molecular weight excluding hydrogens is 397 g/mol. The van der Waals surface area contributed by atoms with Gasteiger partial charge >= 0.3 is 5.69 Å². The van der Waals surface area contributed by atoms with Gasteiger partial charge in [0.05, 0.1) is 6.61 Å². The maximum absolute atomic E-state index is 11.9. The van der Waals surface area contributed by atoms with Gasteiger partial charge in [-0.15, -0.1) is 0 Å². The third kappa shape index (κ3) is 3.09. The van der Waals surface area contributed by atoms with Crippen molar-refractivity contribution in [1.29, 1.82) is 0 Å². The number of ether oxygens (including phenoxy) is 1. The normalized spacial score (nSPS) is 29.2. The topological polar surface area (TPSA) is 137 Å². The van der Waals surface area contributed by atoms with Crippen molar-refractivity contribution in [2.75, 3.05) is 12.1 Å². The van der Waals surface area contributed by atoms with Gasteiger partial charge < -0.3 is 20.1 Å². The summed E-state index contributed by atoms with van der Waals surface area (Å²) in [6, 6.07) is 0. The Morgan fingerprint density at radius 1 is 1.48 bits per heavy atom. The summed E-state index contributed by atoms with van der Waals surface area (Å²) >= 11 is 1.95. The maximum Gasteiger partial charge on any atom is 0.351 e. The zero-order valence-electron chi connectivity index (χ0n) is 10.6. The number of hydrogen-bond donors (Lipinski definition) is 5. The summed E-state index contributed by atoms with van der Waals surface area (Å²) in [4.78, 5) is 15.6. The molecule has 2 rings (SSSR count). The van der Waals surface area contributed by atoms with Gasteiger partial charge in [0.1, 0.15) is 18.3 Å². The fourth-order valence-electron chi connectivity index (χ4n) is 2.06. The van der Waals surface area contributed by atoms with Gasteiger partial charge in [-0.3, -0.25) is 15.3 Å². The molecule has 1 aromatic heterocycles. The van der Waals surface area contributed by atoms with Gasteiger partial charge in [0.25, 0.3) is 0 Å². The molecule has 0 saturated carbocycles. The molecule has 2 heterocycles. The van der Waals surface area contributed by atoms with E-state index in [4.69, 9.17) is 15.1 Å². The first-order valence-electron chi connectivity index (χ1n) is 5.96. The lowest BCUT2D eigenvalue weighted by atomic mass is 10.1. The molecule has 0 aromatic carbocycles. The van der Waals surface area contributed by atoms with Crippen molar-refractivity contribution in [2.45, 2.75) is 24.5 Å². The molecule has 4 atom stereocenters. The molecule has 0 bridgehead atoms. The van der Waals surface area contributed by atoms with Crippen molar-refractivity contribution in [2.24, 2.45) is 0 Å². The van der Waals surface area contributed by atoms with Crippen LogP contribution in [0.3, 0.4) is 0 Å². The lowest BCUT2D eigenvalue weighted by Gasteiger charge is -2.18. The summed E-state index contributed by atoms with van der Waals surface area (Å²) in [7, 11) is 0. The zero-order chi connectivity index (χ0) is 15.6. The molecule has 1 saturated heterocycles. The lowest BCUT2D eigenvalue weighted by Crippen LogP contribution is -2.36. The Morgan fingerprint density at radius 3 is 2.71 bits per heavy atom. The van der Waals surface area contributed by atoms with E-state index in [0.29, 0.717) is 5.56 Å². The fourth-order valence-corrected chi connectivity index (χ4v) is 2.44. The highest BCUT2D eigenvalue weighted by atomic mass is 127. The molecule has 5 N–H and O–H groups in total. The van der Waals surface area contributed by atoms with Gasteiger partial charge in [-0.1, -0.05) is 22.6 Å². The predicted octanol–water partition coefficient (Wildman–Crippen LogP) is -0.938. The number of nitrogens with one attached hydrogen (secondary N) is 1. The molecule has 0 aliphatic carbocycles. The van der Waals surface area contributed by atoms with Crippen LogP contribution in [0.25, 0.3) is 6.08 Å². The number of rotatable bonds is 4. The van der Waals surface area contributed by atoms with Gasteiger partial charge in [-0.05, 0) is 10.2 Å². The Kier molecular flexibility index (Phi) is 5.29. The van der Waals surface area contributed by atoms with Crippen LogP contribution >= 0.6 is 22.6 Å². The summed E-state index contributed by atoms with van der Waals surface area (Å²) in [5.74, 6) is -0.0455. The largest absolute Gasteiger partial charge is 0.394 e. The highest BCUT2D eigenvalue weighted by Gasteiger charge is 2.43. The smallest absolute Gasteiger partial charge is 0.351 e. The fraction of sp³-hybridized carbons (Fsp3) is 0.455. The van der Waals surface area contributed by atoms with Crippen LogP contribution in [0.15, 0.2) is 15.1 Å². The number of nitrogens with zero attached hydrogens (tertiary/aromatic N) is 2. The third-order valence-corrected chi connectivity index (χ3v) is 3.48. The van der Waals surface area contributed by atoms with Crippen LogP contribution in [0.2, 0.25) is 0 Å². The Hall–Kier alpha value is -1.05. The quantitative estimate of drug-likeness (QED) is 0.317. The van der Waals surface area contributed by atoms with E-state index in [0.717, 1.165) is 4.57 Å². The van der Waals surface area contributed by atoms with Crippen molar-refractivity contribution in [3.63, 3.8) is 0 Å². The number of aliphatic hydroxyl groups excluding tert-OH is 3. The zero-order valence-corrected chi connectivity index (χ0v) is 12.8. The number of aliphatic hydroxyl groups is 3. The Labute approximate surface area is 132 Å². The van der Waals surface area contributed by atoms with E-state index in [2.05, 4.69) is 4.98 Å². The summed E-state index contributed by atoms with van der Waals surface area (Å²) in [5.41, 5.74) is 1.40. The van der Waals surface area contributed by atoms with Crippen LogP contribution in [-0.4, -0.2) is 55.0 Å². The summed E-state index contributed by atoms with van der Waals surface area (Å²) in [6.45, 7) is -0.492. The van der Waals surface area contributed by atoms with Crippen LogP contribution in [-0.2, 0) is 4.74 Å². The Bertz CT molecular complexity index is 592. The number of aromatic nitrogens is 2. The van der Waals surface area contributed by atoms with E-state index in [-0.39, 0.29) is 5.82 Å². The molecule has 1 fully saturated rings. The summed E-state index contributed by atoms with van der Waals surface area (Å²) < 4.78 is 7.91. The number of hydrogen-bond acceptors (Lipinski definition) is 8. The minimum atomic E-state index is -1.38. The molecular formula is C11H14IN3O6. The standard InChI is InChI=1S/C11H14IN3O6/c12-2-1-5-3-15(11(19)13-9(5)14-20)10-8(18)7(17)6(4-16)21-10/h1-3,6-8,10,16-18,20H,4H2,(H,13,14,19)/t6-,7?,8?,10-/m1/s1. The molecule has 10 heteroatoms. The van der Waals surface area contributed by atoms with E-state index in [1.54, 1.807) is 10.2 Å². The van der Waals surface area contributed by atoms with Gasteiger partial charge in [0.15, 0.2) is 12.0 Å². The highest BCUT2D eigenvalue weighted by Crippen LogP contribution is 2.28. The van der Waals surface area contributed by atoms with Crippen molar-refractivity contribution >= 4 is 34.5 Å². The average molecular weight is 411 g/mol. The first-order valence-corrected chi connectivity index (χ1v) is 7.20. The van der Waals surface area contributed by atoms with Crippen LogP contribution < -0.4 is 11.2 Å². The van der Waals surface area contributed by atoms with Crippen LogP contribution in [0.1, 0.15) is 11.8 Å². The highest BCUT2D eigenvalue weighted by molar-refractivity contribution is 14.1. The van der Waals surface area contributed by atoms with Crippen molar-refractivity contribution in [3.05, 3.63) is 26.3 Å². The molecule has 2 unspecified atom stereocenters. The van der Waals surface area contributed by atoms with Gasteiger partial charge in [0, 0.05) is 11.8 Å². The molecule has 0 radical (unpaired) electrons. The minimum Gasteiger partial charge on any atom is -0.394 e. The summed E-state index contributed by atoms with van der Waals surface area (Å²) in [6.07, 6.45) is -1.97. The number of halogens is 1. The molecule has 21 heavy (non-hydrogen) atoms. The molecule has 1 aliphatic heterocycles. The second-order valence-electron chi connectivity index (χ2n) is 4.37. The molecule has 0 amide bonds. The van der Waals surface area contributed by atoms with Crippen LogP contribution in [0.5, 0.6) is 0 Å². The van der Waals surface area contributed by atoms with Crippen LogP contribution in [0, 0.1) is 0 Å². The molecule has 0 spiro atoms. The SMILES string of the molecule is O=c1nc(NO)c(C=CI)cn1[C@@H]1O[C@H](CO)C(O)C1O. The number of anilines is 1. The minimum absolute atomic E-state index is 0.0455. The van der Waals surface area contributed by atoms with E-state index in [1.807, 2.05) is 28.1 Å². The Balaban J connectivity index is 2.45. The second kappa shape index (κ2) is 6.81. The van der Waals surface area contributed by atoms with Crippen molar-refractivity contribution in [1.82, 2.24) is 9.55 Å². The van der Waals surface area contributed by atoms with Crippen molar-refractivity contribution in [3.8, 4) is 0 Å². The van der Waals surface area contributed by atoms with E-state index >= 15 is 0 Å². The lowest BCUT2D eigenvalue weighted by molar-refractivity contribution is -0.0549. The van der Waals surface area contributed by atoms with E-state index in [9.17, 15) is 15.0 Å². The monoisotopic (exact) mass is 411 g/mol. The average Bonchev–Trinajstić information content (AvgIpc) is 2.76. The van der Waals surface area contributed by atoms with E-state index < -0.39 is 36.8 Å². The third-order valence-electron chi connectivity index (χ3n) is 3.12. The summed E-state index contributed by atoms with van der Waals surface area (Å²) in [5, 5.41) is 37.6. The van der Waals surface area contributed by atoms with Gasteiger partial charge in [-0.2, -0.15) is 4.98 Å². The molecule has 1 aromatic rings.